The molecule has 154 valence electrons. The van der Waals surface area contributed by atoms with Crippen LogP contribution in [0.4, 0.5) is 5.13 Å². The number of rotatable bonds is 7. The molecule has 0 fully saturated rings. The van der Waals surface area contributed by atoms with E-state index in [-0.39, 0.29) is 17.8 Å². The van der Waals surface area contributed by atoms with E-state index in [9.17, 15) is 4.79 Å². The lowest BCUT2D eigenvalue weighted by Crippen LogP contribution is -2.14. The zero-order valence-electron chi connectivity index (χ0n) is 16.2. The fourth-order valence-corrected chi connectivity index (χ4v) is 4.58. The van der Waals surface area contributed by atoms with Crippen molar-refractivity contribution in [3.8, 4) is 5.75 Å². The first-order valence-corrected chi connectivity index (χ1v) is 11.3. The van der Waals surface area contributed by atoms with Crippen LogP contribution in [-0.2, 0) is 11.8 Å². The van der Waals surface area contributed by atoms with Crippen LogP contribution in [0.5, 0.6) is 5.75 Å². The maximum Gasteiger partial charge on any atom is 0.236 e. The molecule has 4 rings (SSSR count). The van der Waals surface area contributed by atoms with Crippen LogP contribution < -0.4 is 10.1 Å². The number of amides is 1. The van der Waals surface area contributed by atoms with E-state index in [0.29, 0.717) is 26.9 Å². The van der Waals surface area contributed by atoms with Crippen molar-refractivity contribution >= 4 is 56.0 Å². The van der Waals surface area contributed by atoms with Gasteiger partial charge < -0.3 is 14.6 Å². The van der Waals surface area contributed by atoms with Gasteiger partial charge in [-0.15, -0.1) is 10.2 Å². The third-order valence-corrected chi connectivity index (χ3v) is 6.53. The van der Waals surface area contributed by atoms with Gasteiger partial charge in [-0.1, -0.05) is 59.0 Å². The Labute approximate surface area is 186 Å². The maximum absolute atomic E-state index is 12.3. The topological polar surface area (TPSA) is 81.9 Å². The van der Waals surface area contributed by atoms with Gasteiger partial charge >= 0.3 is 0 Å². The van der Waals surface area contributed by atoms with E-state index >= 15 is 0 Å². The number of aromatic nitrogens is 4. The Hall–Kier alpha value is -2.62. The number of anilines is 1. The van der Waals surface area contributed by atoms with Gasteiger partial charge in [-0.2, -0.15) is 0 Å². The second-order valence-corrected chi connectivity index (χ2v) is 8.79. The van der Waals surface area contributed by atoms with Crippen molar-refractivity contribution in [2.24, 2.45) is 7.05 Å². The van der Waals surface area contributed by atoms with Gasteiger partial charge in [0.15, 0.2) is 22.2 Å². The zero-order chi connectivity index (χ0) is 21.1. The first kappa shape index (κ1) is 20.6. The molecule has 10 heteroatoms. The van der Waals surface area contributed by atoms with Gasteiger partial charge in [0.2, 0.25) is 5.91 Å². The van der Waals surface area contributed by atoms with Gasteiger partial charge in [0, 0.05) is 7.05 Å². The van der Waals surface area contributed by atoms with E-state index in [1.807, 2.05) is 54.9 Å². The number of halogens is 1. The smallest absolute Gasteiger partial charge is 0.236 e. The summed E-state index contributed by atoms with van der Waals surface area (Å²) in [5.41, 5.74) is 0.871. The Kier molecular flexibility index (Phi) is 6.21. The molecule has 30 heavy (non-hydrogen) atoms. The van der Waals surface area contributed by atoms with Crippen molar-refractivity contribution in [3.63, 3.8) is 0 Å². The molecule has 1 atom stereocenters. The molecule has 7 nitrogen and oxygen atoms in total. The molecule has 0 saturated carbocycles. The standard InChI is InChI=1S/C20H18ClN5O2S2/c1-12(28-15-9-5-3-7-13(15)21)18-24-25-20(26(18)2)29-11-17(27)23-19-22-14-8-4-6-10-16(14)30-19/h3-10,12H,11H2,1-2H3,(H,22,23,27). The number of hydrogen-bond donors (Lipinski definition) is 1. The summed E-state index contributed by atoms with van der Waals surface area (Å²) in [5.74, 6) is 1.27. The van der Waals surface area contributed by atoms with Gasteiger partial charge in [-0.05, 0) is 31.2 Å². The number of nitrogens with zero attached hydrogens (tertiary/aromatic N) is 4. The van der Waals surface area contributed by atoms with E-state index in [2.05, 4.69) is 20.5 Å². The molecule has 0 aliphatic rings. The predicted molar refractivity (Wildman–Crippen MR) is 120 cm³/mol. The lowest BCUT2D eigenvalue weighted by Gasteiger charge is -2.15. The van der Waals surface area contributed by atoms with Gasteiger partial charge in [-0.25, -0.2) is 4.98 Å². The number of benzene rings is 2. The number of ether oxygens (including phenoxy) is 1. The highest BCUT2D eigenvalue weighted by atomic mass is 35.5. The highest BCUT2D eigenvalue weighted by molar-refractivity contribution is 7.99. The Morgan fingerprint density at radius 3 is 2.80 bits per heavy atom. The number of hydrogen-bond acceptors (Lipinski definition) is 7. The average Bonchev–Trinajstić information content (AvgIpc) is 3.30. The number of thioether (sulfide) groups is 1. The van der Waals surface area contributed by atoms with E-state index in [1.54, 1.807) is 12.1 Å². The zero-order valence-corrected chi connectivity index (χ0v) is 18.6. The predicted octanol–water partition coefficient (Wildman–Crippen LogP) is 4.95. The number of nitrogens with one attached hydrogen (secondary N) is 1. The summed E-state index contributed by atoms with van der Waals surface area (Å²) < 4.78 is 8.76. The highest BCUT2D eigenvalue weighted by Gasteiger charge is 2.19. The van der Waals surface area contributed by atoms with Crippen LogP contribution in [0.3, 0.4) is 0 Å². The van der Waals surface area contributed by atoms with E-state index in [0.717, 1.165) is 10.2 Å². The Balaban J connectivity index is 1.36. The summed E-state index contributed by atoms with van der Waals surface area (Å²) in [4.78, 5) is 16.7. The molecule has 0 aliphatic heterocycles. The number of carbonyl (C=O) groups excluding carboxylic acids is 1. The number of thiazole rings is 1. The molecule has 0 saturated heterocycles. The number of carbonyl (C=O) groups is 1. The highest BCUT2D eigenvalue weighted by Crippen LogP contribution is 2.29. The Morgan fingerprint density at radius 1 is 1.23 bits per heavy atom. The molecule has 1 unspecified atom stereocenters. The average molecular weight is 460 g/mol. The second kappa shape index (κ2) is 9.03. The van der Waals surface area contributed by atoms with Gasteiger partial charge in [0.05, 0.1) is 21.0 Å². The Bertz CT molecular complexity index is 1160. The van der Waals surface area contributed by atoms with Crippen molar-refractivity contribution in [1.82, 2.24) is 19.7 Å². The first-order chi connectivity index (χ1) is 14.5. The molecule has 2 aromatic carbocycles. The number of para-hydroxylation sites is 2. The van der Waals surface area contributed by atoms with E-state index < -0.39 is 0 Å². The molecule has 0 spiro atoms. The lowest BCUT2D eigenvalue weighted by atomic mass is 10.3. The van der Waals surface area contributed by atoms with Crippen LogP contribution in [0.2, 0.25) is 5.02 Å². The van der Waals surface area contributed by atoms with Crippen molar-refractivity contribution < 1.29 is 9.53 Å². The molecule has 4 aromatic rings. The summed E-state index contributed by atoms with van der Waals surface area (Å²) >= 11 is 8.91. The molecule has 0 radical (unpaired) electrons. The van der Waals surface area contributed by atoms with Crippen molar-refractivity contribution in [3.05, 3.63) is 59.4 Å². The van der Waals surface area contributed by atoms with Crippen LogP contribution in [0.15, 0.2) is 53.7 Å². The molecular formula is C20H18ClN5O2S2. The van der Waals surface area contributed by atoms with Crippen LogP contribution >= 0.6 is 34.7 Å². The largest absolute Gasteiger partial charge is 0.481 e. The minimum atomic E-state index is -0.353. The van der Waals surface area contributed by atoms with Crippen LogP contribution in [0.1, 0.15) is 18.9 Å². The Morgan fingerprint density at radius 2 is 2.00 bits per heavy atom. The second-order valence-electron chi connectivity index (χ2n) is 6.41. The monoisotopic (exact) mass is 459 g/mol. The lowest BCUT2D eigenvalue weighted by molar-refractivity contribution is -0.113. The third kappa shape index (κ3) is 4.58. The van der Waals surface area contributed by atoms with Crippen molar-refractivity contribution in [2.75, 3.05) is 11.1 Å². The summed E-state index contributed by atoms with van der Waals surface area (Å²) in [7, 11) is 1.84. The van der Waals surface area contributed by atoms with Gasteiger partial charge in [-0.3, -0.25) is 4.79 Å². The summed E-state index contributed by atoms with van der Waals surface area (Å²) in [6, 6.07) is 15.0. The molecular weight excluding hydrogens is 442 g/mol. The maximum atomic E-state index is 12.3. The molecule has 2 aromatic heterocycles. The fourth-order valence-electron chi connectivity index (χ4n) is 2.80. The first-order valence-electron chi connectivity index (χ1n) is 9.10. The van der Waals surface area contributed by atoms with Crippen LogP contribution in [0, 0.1) is 0 Å². The fraction of sp³-hybridized carbons (Fsp3) is 0.200. The quantitative estimate of drug-likeness (QED) is 0.394. The van der Waals surface area contributed by atoms with Gasteiger partial charge in [0.1, 0.15) is 5.75 Å². The third-order valence-electron chi connectivity index (χ3n) is 4.25. The molecule has 1 N–H and O–H groups in total. The summed E-state index contributed by atoms with van der Waals surface area (Å²) in [5, 5.41) is 13.0. The minimum absolute atomic E-state index is 0.149. The van der Waals surface area contributed by atoms with Crippen LogP contribution in [-0.4, -0.2) is 31.4 Å². The normalized spacial score (nSPS) is 12.1. The van der Waals surface area contributed by atoms with Gasteiger partial charge in [0.25, 0.3) is 0 Å². The van der Waals surface area contributed by atoms with Crippen molar-refractivity contribution in [2.45, 2.75) is 18.2 Å². The van der Waals surface area contributed by atoms with E-state index in [4.69, 9.17) is 16.3 Å². The van der Waals surface area contributed by atoms with Crippen molar-refractivity contribution in [1.29, 1.82) is 0 Å². The summed E-state index contributed by atoms with van der Waals surface area (Å²) in [6.07, 6.45) is -0.353. The van der Waals surface area contributed by atoms with Crippen LogP contribution in [0.25, 0.3) is 10.2 Å². The minimum Gasteiger partial charge on any atom is -0.481 e. The van der Waals surface area contributed by atoms with E-state index in [1.165, 1.54) is 23.1 Å². The molecule has 0 aliphatic carbocycles. The number of fused-ring (bicyclic) bond motifs is 1. The molecule has 2 heterocycles. The summed E-state index contributed by atoms with van der Waals surface area (Å²) in [6.45, 7) is 1.88. The SMILES string of the molecule is CC(Oc1ccccc1Cl)c1nnc(SCC(=O)Nc2nc3ccccc3s2)n1C. The molecule has 0 bridgehead atoms. The molecule has 1 amide bonds.